The minimum absolute atomic E-state index is 0.128. The summed E-state index contributed by atoms with van der Waals surface area (Å²) in [6, 6.07) is 0. The lowest BCUT2D eigenvalue weighted by Gasteiger charge is -2.59. The first-order valence-electron chi connectivity index (χ1n) is 14.8. The maximum Gasteiger partial charge on any atom is 0.155 e. The van der Waals surface area contributed by atoms with Gasteiger partial charge in [0, 0.05) is 18.4 Å². The van der Waals surface area contributed by atoms with Gasteiger partial charge in [-0.05, 0) is 108 Å². The predicted octanol–water partition coefficient (Wildman–Crippen LogP) is 6.88. The van der Waals surface area contributed by atoms with Gasteiger partial charge in [0.25, 0.3) is 0 Å². The Morgan fingerprint density at radius 1 is 1.11 bits per heavy atom. The van der Waals surface area contributed by atoms with Crippen LogP contribution in [0.3, 0.4) is 0 Å². The summed E-state index contributed by atoms with van der Waals surface area (Å²) in [7, 11) is 0. The van der Waals surface area contributed by atoms with E-state index in [0.29, 0.717) is 30.3 Å². The van der Waals surface area contributed by atoms with Gasteiger partial charge in [-0.25, -0.2) is 0 Å². The van der Waals surface area contributed by atoms with Gasteiger partial charge < -0.3 is 19.7 Å². The second-order valence-electron chi connectivity index (χ2n) is 13.7. The fourth-order valence-electron chi connectivity index (χ4n) is 9.50. The lowest BCUT2D eigenvalue weighted by atomic mass is 9.46. The van der Waals surface area contributed by atoms with Crippen molar-refractivity contribution in [1.29, 1.82) is 0 Å². The molecule has 0 spiro atoms. The van der Waals surface area contributed by atoms with Crippen molar-refractivity contribution >= 4 is 0 Å². The van der Waals surface area contributed by atoms with E-state index in [0.717, 1.165) is 37.0 Å². The second-order valence-corrected chi connectivity index (χ2v) is 13.7. The average Bonchev–Trinajstić information content (AvgIpc) is 3.11. The SMILES string of the molecule is CCOC(C)OC(C)(C)CCC[C@@H](C)[C@H]1CC[C@H]2[C@@H]3CC=C4C[C@@H](O)C[C@H](O)[C@]4(C)[C@H]3CC[C@]12C. The van der Waals surface area contributed by atoms with Gasteiger partial charge in [-0.15, -0.1) is 0 Å². The highest BCUT2D eigenvalue weighted by molar-refractivity contribution is 5.27. The van der Waals surface area contributed by atoms with Crippen LogP contribution < -0.4 is 0 Å². The van der Waals surface area contributed by atoms with Crippen molar-refractivity contribution in [3.63, 3.8) is 0 Å². The number of aliphatic hydroxyl groups excluding tert-OH is 2. The topological polar surface area (TPSA) is 58.9 Å². The Balaban J connectivity index is 1.39. The van der Waals surface area contributed by atoms with Crippen molar-refractivity contribution in [2.75, 3.05) is 6.61 Å². The van der Waals surface area contributed by atoms with E-state index in [1.807, 2.05) is 13.8 Å². The average molecular weight is 491 g/mol. The van der Waals surface area contributed by atoms with Crippen LogP contribution in [0.4, 0.5) is 0 Å². The Bertz CT molecular complexity index is 761. The van der Waals surface area contributed by atoms with Crippen molar-refractivity contribution in [2.24, 2.45) is 40.4 Å². The zero-order valence-electron chi connectivity index (χ0n) is 23.7. The van der Waals surface area contributed by atoms with E-state index in [1.54, 1.807) is 0 Å². The lowest BCUT2D eigenvalue weighted by Crippen LogP contribution is -2.55. The van der Waals surface area contributed by atoms with Crippen molar-refractivity contribution in [3.8, 4) is 0 Å². The van der Waals surface area contributed by atoms with Crippen LogP contribution in [0, 0.1) is 40.4 Å². The molecule has 0 aliphatic heterocycles. The van der Waals surface area contributed by atoms with Gasteiger partial charge in [0.05, 0.1) is 17.8 Å². The lowest BCUT2D eigenvalue weighted by molar-refractivity contribution is -0.191. The first kappa shape index (κ1) is 27.6. The van der Waals surface area contributed by atoms with Crippen LogP contribution in [0.25, 0.3) is 0 Å². The smallest absolute Gasteiger partial charge is 0.155 e. The van der Waals surface area contributed by atoms with Gasteiger partial charge in [-0.3, -0.25) is 0 Å². The van der Waals surface area contributed by atoms with E-state index in [2.05, 4.69) is 40.7 Å². The minimum Gasteiger partial charge on any atom is -0.393 e. The maximum absolute atomic E-state index is 11.1. The molecule has 0 aromatic carbocycles. The molecule has 202 valence electrons. The highest BCUT2D eigenvalue weighted by atomic mass is 16.7. The second kappa shape index (κ2) is 10.4. The van der Waals surface area contributed by atoms with Crippen LogP contribution in [0.1, 0.15) is 113 Å². The number of hydrogen-bond acceptors (Lipinski definition) is 4. The van der Waals surface area contributed by atoms with Gasteiger partial charge in [0.2, 0.25) is 0 Å². The molecule has 0 heterocycles. The van der Waals surface area contributed by atoms with Crippen LogP contribution in [-0.2, 0) is 9.47 Å². The summed E-state index contributed by atoms with van der Waals surface area (Å²) in [6.45, 7) is 16.5. The van der Waals surface area contributed by atoms with Crippen molar-refractivity contribution in [2.45, 2.75) is 137 Å². The van der Waals surface area contributed by atoms with E-state index >= 15 is 0 Å². The van der Waals surface area contributed by atoms with Gasteiger partial charge in [-0.1, -0.05) is 45.3 Å². The third-order valence-corrected chi connectivity index (χ3v) is 11.3. The van der Waals surface area contributed by atoms with E-state index in [1.165, 1.54) is 44.1 Å². The monoisotopic (exact) mass is 490 g/mol. The molecule has 4 rings (SSSR count). The predicted molar refractivity (Wildman–Crippen MR) is 142 cm³/mol. The van der Waals surface area contributed by atoms with Crippen molar-refractivity contribution < 1.29 is 19.7 Å². The largest absolute Gasteiger partial charge is 0.393 e. The maximum atomic E-state index is 11.1. The molecule has 0 aromatic rings. The molecule has 0 saturated heterocycles. The van der Waals surface area contributed by atoms with Crippen LogP contribution in [0.15, 0.2) is 11.6 Å². The summed E-state index contributed by atoms with van der Waals surface area (Å²) < 4.78 is 11.8. The molecule has 4 heteroatoms. The van der Waals surface area contributed by atoms with E-state index in [-0.39, 0.29) is 23.4 Å². The van der Waals surface area contributed by atoms with Gasteiger partial charge >= 0.3 is 0 Å². The fraction of sp³-hybridized carbons (Fsp3) is 0.935. The van der Waals surface area contributed by atoms with E-state index in [9.17, 15) is 10.2 Å². The fourth-order valence-corrected chi connectivity index (χ4v) is 9.50. The summed E-state index contributed by atoms with van der Waals surface area (Å²) in [4.78, 5) is 0. The summed E-state index contributed by atoms with van der Waals surface area (Å²) >= 11 is 0. The highest BCUT2D eigenvalue weighted by Gasteiger charge is 2.60. The first-order valence-corrected chi connectivity index (χ1v) is 14.8. The van der Waals surface area contributed by atoms with Gasteiger partial charge in [0.1, 0.15) is 0 Å². The third-order valence-electron chi connectivity index (χ3n) is 11.3. The number of ether oxygens (including phenoxy) is 2. The number of aliphatic hydroxyl groups is 2. The zero-order chi connectivity index (χ0) is 25.6. The molecular weight excluding hydrogens is 436 g/mol. The molecule has 0 bridgehead atoms. The van der Waals surface area contributed by atoms with Crippen LogP contribution in [0.5, 0.6) is 0 Å². The standard InChI is InChI=1S/C31H54O4/c1-8-34-21(3)35-29(4,5)16-9-10-20(2)25-13-14-26-24-12-11-22-18-23(32)19-28(33)31(22,7)27(24)15-17-30(25,26)6/h11,20-21,23-28,32-33H,8-10,12-19H2,1-7H3/t20-,21?,23-,24+,25-,26+,27+,28+,30-,31+/m1/s1. The normalized spacial score (nSPS) is 43.1. The molecule has 35 heavy (non-hydrogen) atoms. The van der Waals surface area contributed by atoms with Crippen LogP contribution in [-0.4, -0.2) is 40.9 Å². The quantitative estimate of drug-likeness (QED) is 0.273. The molecule has 4 aliphatic rings. The summed E-state index contributed by atoms with van der Waals surface area (Å²) in [5.41, 5.74) is 1.50. The highest BCUT2D eigenvalue weighted by Crippen LogP contribution is 2.67. The third kappa shape index (κ3) is 5.16. The molecule has 0 aromatic heterocycles. The van der Waals surface area contributed by atoms with Crippen LogP contribution in [0.2, 0.25) is 0 Å². The van der Waals surface area contributed by atoms with Crippen LogP contribution >= 0.6 is 0 Å². The molecule has 2 N–H and O–H groups in total. The van der Waals surface area contributed by atoms with Gasteiger partial charge in [-0.2, -0.15) is 0 Å². The van der Waals surface area contributed by atoms with Crippen molar-refractivity contribution in [3.05, 3.63) is 11.6 Å². The summed E-state index contributed by atoms with van der Waals surface area (Å²) in [5, 5.41) is 21.4. The molecule has 4 nitrogen and oxygen atoms in total. The molecule has 0 radical (unpaired) electrons. The molecule has 4 aliphatic carbocycles. The molecule has 1 unspecified atom stereocenters. The number of fused-ring (bicyclic) bond motifs is 5. The number of rotatable bonds is 9. The van der Waals surface area contributed by atoms with Crippen molar-refractivity contribution in [1.82, 2.24) is 0 Å². The first-order chi connectivity index (χ1) is 16.4. The Morgan fingerprint density at radius 2 is 1.86 bits per heavy atom. The Hall–Kier alpha value is -0.420. The Morgan fingerprint density at radius 3 is 2.57 bits per heavy atom. The minimum atomic E-state index is -0.401. The molecule has 3 fully saturated rings. The van der Waals surface area contributed by atoms with E-state index in [4.69, 9.17) is 9.47 Å². The summed E-state index contributed by atoms with van der Waals surface area (Å²) in [5.74, 6) is 3.58. The summed E-state index contributed by atoms with van der Waals surface area (Å²) in [6.07, 6.45) is 12.8. The molecule has 3 saturated carbocycles. The van der Waals surface area contributed by atoms with E-state index < -0.39 is 6.10 Å². The Labute approximate surface area is 215 Å². The number of hydrogen-bond donors (Lipinski definition) is 2. The molecular formula is C31H54O4. The number of allylic oxidation sites excluding steroid dienone is 1. The zero-order valence-corrected chi connectivity index (χ0v) is 23.7. The van der Waals surface area contributed by atoms with Gasteiger partial charge in [0.15, 0.2) is 6.29 Å². The Kier molecular flexibility index (Phi) is 8.19. The molecule has 0 amide bonds. The molecule has 10 atom stereocenters.